The number of halogens is 4. The minimum absolute atomic E-state index is 0. The van der Waals surface area contributed by atoms with Crippen LogP contribution in [0.4, 0.5) is 13.2 Å². The molecule has 2 aliphatic heterocycles. The number of piperazine rings is 1. The molecule has 3 rings (SSSR count). The SMILES string of the molecule is Cl.O=C1CNCCN1C1CCCN(S(=O)(=O)c2cnn(CC(F)(F)F)c2)C1. The molecular formula is C14H21ClF3N5O3S. The largest absolute Gasteiger partial charge is 0.408 e. The number of carbonyl (C=O) groups excluding carboxylic acids is 1. The number of piperidine rings is 1. The Kier molecular flexibility index (Phi) is 6.77. The van der Waals surface area contributed by atoms with Crippen LogP contribution in [0.5, 0.6) is 0 Å². The van der Waals surface area contributed by atoms with E-state index < -0.39 is 22.7 Å². The van der Waals surface area contributed by atoms with E-state index in [-0.39, 0.29) is 48.9 Å². The maximum atomic E-state index is 12.8. The topological polar surface area (TPSA) is 87.5 Å². The molecule has 154 valence electrons. The van der Waals surface area contributed by atoms with Gasteiger partial charge in [-0.25, -0.2) is 8.42 Å². The van der Waals surface area contributed by atoms with E-state index in [2.05, 4.69) is 10.4 Å². The van der Waals surface area contributed by atoms with E-state index in [0.717, 1.165) is 12.4 Å². The van der Waals surface area contributed by atoms with Gasteiger partial charge in [0.2, 0.25) is 15.9 Å². The van der Waals surface area contributed by atoms with Crippen LogP contribution in [0.15, 0.2) is 17.3 Å². The molecule has 1 aromatic rings. The molecule has 13 heteroatoms. The van der Waals surface area contributed by atoms with Crippen LogP contribution in [0.25, 0.3) is 0 Å². The Labute approximate surface area is 161 Å². The van der Waals surface area contributed by atoms with Crippen LogP contribution in [0, 0.1) is 0 Å². The fourth-order valence-corrected chi connectivity index (χ4v) is 4.77. The second kappa shape index (κ2) is 8.33. The molecule has 1 N–H and O–H groups in total. The third kappa shape index (κ3) is 5.12. The second-order valence-corrected chi connectivity index (χ2v) is 8.35. The number of alkyl halides is 3. The summed E-state index contributed by atoms with van der Waals surface area (Å²) in [6, 6.07) is -0.224. The molecule has 27 heavy (non-hydrogen) atoms. The summed E-state index contributed by atoms with van der Waals surface area (Å²) >= 11 is 0. The predicted molar refractivity (Wildman–Crippen MR) is 91.9 cm³/mol. The lowest BCUT2D eigenvalue weighted by Crippen LogP contribution is -2.57. The molecule has 0 bridgehead atoms. The summed E-state index contributed by atoms with van der Waals surface area (Å²) in [4.78, 5) is 13.4. The van der Waals surface area contributed by atoms with Crippen molar-refractivity contribution >= 4 is 28.3 Å². The molecule has 0 aliphatic carbocycles. The third-order valence-electron chi connectivity index (χ3n) is 4.51. The zero-order valence-electron chi connectivity index (χ0n) is 14.4. The number of amides is 1. The smallest absolute Gasteiger partial charge is 0.336 e. The van der Waals surface area contributed by atoms with E-state index in [9.17, 15) is 26.4 Å². The number of aromatic nitrogens is 2. The summed E-state index contributed by atoms with van der Waals surface area (Å²) in [6.07, 6.45) is -1.38. The van der Waals surface area contributed by atoms with Crippen LogP contribution in [0.3, 0.4) is 0 Å². The van der Waals surface area contributed by atoms with Crippen LogP contribution in [-0.4, -0.2) is 78.3 Å². The first-order valence-corrected chi connectivity index (χ1v) is 9.70. The zero-order chi connectivity index (χ0) is 18.9. The van der Waals surface area contributed by atoms with Gasteiger partial charge in [-0.2, -0.15) is 22.6 Å². The molecular weight excluding hydrogens is 411 g/mol. The highest BCUT2D eigenvalue weighted by molar-refractivity contribution is 7.89. The first-order valence-electron chi connectivity index (χ1n) is 8.26. The first kappa shape index (κ1) is 21.9. The van der Waals surface area contributed by atoms with Gasteiger partial charge in [0, 0.05) is 38.4 Å². The molecule has 1 amide bonds. The van der Waals surface area contributed by atoms with Crippen molar-refractivity contribution in [3.63, 3.8) is 0 Å². The Morgan fingerprint density at radius 2 is 2.04 bits per heavy atom. The molecule has 2 fully saturated rings. The molecule has 3 heterocycles. The van der Waals surface area contributed by atoms with E-state index in [1.54, 1.807) is 4.90 Å². The third-order valence-corrected chi connectivity index (χ3v) is 6.33. The number of hydrogen-bond acceptors (Lipinski definition) is 5. The van der Waals surface area contributed by atoms with E-state index in [0.29, 0.717) is 30.6 Å². The van der Waals surface area contributed by atoms with E-state index in [1.165, 1.54) is 4.31 Å². The van der Waals surface area contributed by atoms with Crippen molar-refractivity contribution in [2.24, 2.45) is 0 Å². The quantitative estimate of drug-likeness (QED) is 0.748. The minimum atomic E-state index is -4.48. The van der Waals surface area contributed by atoms with Crippen molar-refractivity contribution in [3.05, 3.63) is 12.4 Å². The van der Waals surface area contributed by atoms with Crippen molar-refractivity contribution in [2.45, 2.75) is 36.5 Å². The average molecular weight is 432 g/mol. The van der Waals surface area contributed by atoms with Crippen molar-refractivity contribution in [1.82, 2.24) is 24.3 Å². The monoisotopic (exact) mass is 431 g/mol. The first-order chi connectivity index (χ1) is 12.2. The molecule has 2 aliphatic rings. The van der Waals surface area contributed by atoms with Crippen LogP contribution < -0.4 is 5.32 Å². The molecule has 0 radical (unpaired) electrons. The van der Waals surface area contributed by atoms with Gasteiger partial charge in [0.25, 0.3) is 0 Å². The lowest BCUT2D eigenvalue weighted by Gasteiger charge is -2.40. The van der Waals surface area contributed by atoms with Gasteiger partial charge >= 0.3 is 6.18 Å². The molecule has 0 spiro atoms. The van der Waals surface area contributed by atoms with Gasteiger partial charge in [0.1, 0.15) is 11.4 Å². The molecule has 2 saturated heterocycles. The Morgan fingerprint density at radius 1 is 1.30 bits per heavy atom. The maximum absolute atomic E-state index is 12.8. The minimum Gasteiger partial charge on any atom is -0.336 e. The van der Waals surface area contributed by atoms with Gasteiger partial charge in [-0.05, 0) is 12.8 Å². The van der Waals surface area contributed by atoms with Gasteiger partial charge in [0.05, 0.1) is 12.7 Å². The highest BCUT2D eigenvalue weighted by Crippen LogP contribution is 2.24. The summed E-state index contributed by atoms with van der Waals surface area (Å²) in [5.41, 5.74) is 0. The number of sulfonamides is 1. The predicted octanol–water partition coefficient (Wildman–Crippen LogP) is 0.452. The van der Waals surface area contributed by atoms with Crippen molar-refractivity contribution in [1.29, 1.82) is 0 Å². The molecule has 0 aromatic carbocycles. The van der Waals surface area contributed by atoms with Gasteiger partial charge < -0.3 is 10.2 Å². The van der Waals surface area contributed by atoms with E-state index in [1.807, 2.05) is 0 Å². The van der Waals surface area contributed by atoms with Gasteiger partial charge in [-0.3, -0.25) is 9.48 Å². The summed E-state index contributed by atoms with van der Waals surface area (Å²) in [5.74, 6) is -0.0708. The Balaban J connectivity index is 0.00000261. The summed E-state index contributed by atoms with van der Waals surface area (Å²) in [6.45, 7) is 0.454. The van der Waals surface area contributed by atoms with Gasteiger partial charge in [-0.1, -0.05) is 0 Å². The average Bonchev–Trinajstić information content (AvgIpc) is 3.03. The molecule has 0 saturated carbocycles. The van der Waals surface area contributed by atoms with Crippen LogP contribution in [0.2, 0.25) is 0 Å². The van der Waals surface area contributed by atoms with Crippen LogP contribution in [-0.2, 0) is 21.4 Å². The standard InChI is InChI=1S/C14H20F3N5O3S.ClH/c15-14(16,17)10-20-9-12(6-19-20)26(24,25)21-4-1-2-11(8-21)22-5-3-18-7-13(22)23;/h6,9,11,18H,1-5,7-8,10H2;1H. The van der Waals surface area contributed by atoms with Crippen molar-refractivity contribution in [3.8, 4) is 0 Å². The molecule has 1 unspecified atom stereocenters. The number of nitrogens with zero attached hydrogens (tertiary/aromatic N) is 4. The molecule has 1 aromatic heterocycles. The lowest BCUT2D eigenvalue weighted by molar-refractivity contribution is -0.142. The number of carbonyl (C=O) groups is 1. The normalized spacial score (nSPS) is 22.6. The fourth-order valence-electron chi connectivity index (χ4n) is 3.30. The van der Waals surface area contributed by atoms with Gasteiger partial charge in [-0.15, -0.1) is 12.4 Å². The fraction of sp³-hybridized carbons (Fsp3) is 0.714. The van der Waals surface area contributed by atoms with Crippen molar-refractivity contribution in [2.75, 3.05) is 32.7 Å². The highest BCUT2D eigenvalue weighted by Gasteiger charge is 2.36. The van der Waals surface area contributed by atoms with Gasteiger partial charge in [0.15, 0.2) is 0 Å². The van der Waals surface area contributed by atoms with E-state index in [4.69, 9.17) is 0 Å². The maximum Gasteiger partial charge on any atom is 0.408 e. The van der Waals surface area contributed by atoms with Crippen LogP contribution in [0.1, 0.15) is 12.8 Å². The second-order valence-electron chi connectivity index (χ2n) is 6.41. The highest BCUT2D eigenvalue weighted by atomic mass is 35.5. The van der Waals surface area contributed by atoms with E-state index >= 15 is 0 Å². The lowest BCUT2D eigenvalue weighted by atomic mass is 10.1. The summed E-state index contributed by atoms with van der Waals surface area (Å²) in [5, 5.41) is 6.47. The molecule has 8 nitrogen and oxygen atoms in total. The zero-order valence-corrected chi connectivity index (χ0v) is 16.0. The number of rotatable bonds is 4. The Hall–Kier alpha value is -1.37. The number of nitrogens with one attached hydrogen (secondary N) is 1. The number of hydrogen-bond donors (Lipinski definition) is 1. The Morgan fingerprint density at radius 3 is 2.70 bits per heavy atom. The van der Waals surface area contributed by atoms with Crippen molar-refractivity contribution < 1.29 is 26.4 Å². The summed E-state index contributed by atoms with van der Waals surface area (Å²) in [7, 11) is -3.96. The summed E-state index contributed by atoms with van der Waals surface area (Å²) < 4.78 is 64.6. The molecule has 1 atom stereocenters. The Bertz CT molecular complexity index is 770. The van der Waals surface area contributed by atoms with Crippen LogP contribution >= 0.6 is 12.4 Å².